The number of pyridine rings is 1. The van der Waals surface area contributed by atoms with Gasteiger partial charge in [-0.1, -0.05) is 0 Å². The highest BCUT2D eigenvalue weighted by molar-refractivity contribution is 5.83. The topological polar surface area (TPSA) is 122 Å². The zero-order valence-corrected chi connectivity index (χ0v) is 16.8. The highest BCUT2D eigenvalue weighted by atomic mass is 16.7. The Morgan fingerprint density at radius 2 is 2.20 bits per heavy atom. The first-order valence-electron chi connectivity index (χ1n) is 9.88. The summed E-state index contributed by atoms with van der Waals surface area (Å²) in [7, 11) is 1.46. The third kappa shape index (κ3) is 5.33. The summed E-state index contributed by atoms with van der Waals surface area (Å²) in [5, 5.41) is 14.0. The molecule has 1 fully saturated rings. The monoisotopic (exact) mass is 419 g/mol. The second kappa shape index (κ2) is 10.2. The fourth-order valence-electron chi connectivity index (χ4n) is 3.28. The quantitative estimate of drug-likeness (QED) is 0.374. The van der Waals surface area contributed by atoms with Crippen LogP contribution in [-0.2, 0) is 20.8 Å². The standard InChI is InChI=1S/C20H25N3O7/c1-21-18(24)13-30-17-12-14-11-15(23(26)27)6-7-16(14)22(20(17)25)8-4-10-29-19-5-2-3-9-28-19/h6-7,11-12,19H,2-5,8-10,13H2,1H3,(H,21,24). The minimum Gasteiger partial charge on any atom is -0.478 e. The van der Waals surface area contributed by atoms with Crippen LogP contribution in [0.4, 0.5) is 5.69 Å². The first kappa shape index (κ1) is 21.7. The Morgan fingerprint density at radius 3 is 2.90 bits per heavy atom. The normalized spacial score (nSPS) is 16.4. The second-order valence-electron chi connectivity index (χ2n) is 6.95. The molecule has 30 heavy (non-hydrogen) atoms. The van der Waals surface area contributed by atoms with E-state index < -0.39 is 10.5 Å². The van der Waals surface area contributed by atoms with Gasteiger partial charge in [0, 0.05) is 37.7 Å². The number of aryl methyl sites for hydroxylation is 1. The molecule has 1 atom stereocenters. The van der Waals surface area contributed by atoms with Crippen LogP contribution in [0, 0.1) is 10.1 Å². The Hall–Kier alpha value is -2.98. The summed E-state index contributed by atoms with van der Waals surface area (Å²) in [4.78, 5) is 35.0. The summed E-state index contributed by atoms with van der Waals surface area (Å²) in [6.45, 7) is 1.11. The van der Waals surface area contributed by atoms with Gasteiger partial charge in [0.1, 0.15) is 0 Å². The fourth-order valence-corrected chi connectivity index (χ4v) is 3.28. The molecule has 1 aromatic heterocycles. The summed E-state index contributed by atoms with van der Waals surface area (Å²) in [5.74, 6) is -0.427. The molecule has 0 saturated carbocycles. The van der Waals surface area contributed by atoms with E-state index in [0.29, 0.717) is 37.1 Å². The number of benzene rings is 1. The number of ether oxygens (including phenoxy) is 3. The SMILES string of the molecule is CNC(=O)COc1cc2cc([N+](=O)[O-])ccc2n(CCCOC2CCCCO2)c1=O. The third-order valence-corrected chi connectivity index (χ3v) is 4.86. The Bertz CT molecular complexity index is 967. The maximum atomic E-state index is 12.9. The molecule has 1 unspecified atom stereocenters. The van der Waals surface area contributed by atoms with E-state index in [-0.39, 0.29) is 30.2 Å². The number of likely N-dealkylation sites (N-methyl/N-ethyl adjacent to an activating group) is 1. The number of nitrogens with zero attached hydrogens (tertiary/aromatic N) is 2. The lowest BCUT2D eigenvalue weighted by Crippen LogP contribution is -2.29. The predicted octanol–water partition coefficient (Wildman–Crippen LogP) is 1.97. The van der Waals surface area contributed by atoms with Crippen molar-refractivity contribution >= 4 is 22.5 Å². The van der Waals surface area contributed by atoms with Crippen LogP contribution in [0.25, 0.3) is 10.9 Å². The highest BCUT2D eigenvalue weighted by Gasteiger charge is 2.16. The van der Waals surface area contributed by atoms with Gasteiger partial charge in [0.05, 0.1) is 17.0 Å². The number of nitro groups is 1. The Kier molecular flexibility index (Phi) is 7.36. The first-order chi connectivity index (χ1) is 14.5. The maximum Gasteiger partial charge on any atom is 0.293 e. The summed E-state index contributed by atoms with van der Waals surface area (Å²) in [5.41, 5.74) is 0.0451. The lowest BCUT2D eigenvalue weighted by molar-refractivity contribution is -0.384. The zero-order valence-electron chi connectivity index (χ0n) is 16.8. The van der Waals surface area contributed by atoms with Gasteiger partial charge in [-0.25, -0.2) is 0 Å². The Labute approximate surface area is 172 Å². The molecule has 162 valence electrons. The van der Waals surface area contributed by atoms with Crippen molar-refractivity contribution in [2.75, 3.05) is 26.9 Å². The fraction of sp³-hybridized carbons (Fsp3) is 0.500. The molecule has 10 nitrogen and oxygen atoms in total. The molecule has 0 aliphatic carbocycles. The van der Waals surface area contributed by atoms with Crippen LogP contribution < -0.4 is 15.6 Å². The van der Waals surface area contributed by atoms with Crippen LogP contribution in [0.1, 0.15) is 25.7 Å². The number of hydrogen-bond acceptors (Lipinski definition) is 7. The van der Waals surface area contributed by atoms with E-state index in [2.05, 4.69) is 5.32 Å². The number of fused-ring (bicyclic) bond motifs is 1. The minimum absolute atomic E-state index is 0.0388. The van der Waals surface area contributed by atoms with Crippen molar-refractivity contribution < 1.29 is 23.9 Å². The number of rotatable bonds is 9. The molecule has 1 aliphatic rings. The minimum atomic E-state index is -0.502. The molecule has 2 heterocycles. The summed E-state index contributed by atoms with van der Waals surface area (Å²) in [6.07, 6.45) is 3.30. The summed E-state index contributed by atoms with van der Waals surface area (Å²) in [6, 6.07) is 5.71. The van der Waals surface area contributed by atoms with E-state index in [1.807, 2.05) is 0 Å². The number of carbonyl (C=O) groups excluding carboxylic acids is 1. The van der Waals surface area contributed by atoms with Gasteiger partial charge in [-0.15, -0.1) is 0 Å². The van der Waals surface area contributed by atoms with E-state index in [4.69, 9.17) is 14.2 Å². The van der Waals surface area contributed by atoms with Crippen molar-refractivity contribution in [2.45, 2.75) is 38.5 Å². The molecule has 1 saturated heterocycles. The van der Waals surface area contributed by atoms with E-state index in [1.165, 1.54) is 29.8 Å². The maximum absolute atomic E-state index is 12.9. The van der Waals surface area contributed by atoms with Crippen molar-refractivity contribution in [1.82, 2.24) is 9.88 Å². The Morgan fingerprint density at radius 1 is 1.37 bits per heavy atom. The number of nitrogens with one attached hydrogen (secondary N) is 1. The average Bonchev–Trinajstić information content (AvgIpc) is 2.76. The van der Waals surface area contributed by atoms with Gasteiger partial charge in [-0.2, -0.15) is 0 Å². The van der Waals surface area contributed by atoms with E-state index >= 15 is 0 Å². The lowest BCUT2D eigenvalue weighted by atomic mass is 10.2. The summed E-state index contributed by atoms with van der Waals surface area (Å²) < 4.78 is 18.1. The van der Waals surface area contributed by atoms with Crippen LogP contribution in [0.3, 0.4) is 0 Å². The van der Waals surface area contributed by atoms with Gasteiger partial charge in [-0.3, -0.25) is 19.7 Å². The van der Waals surface area contributed by atoms with Gasteiger partial charge in [0.15, 0.2) is 18.6 Å². The molecule has 3 rings (SSSR count). The van der Waals surface area contributed by atoms with Crippen molar-refractivity contribution in [3.63, 3.8) is 0 Å². The van der Waals surface area contributed by atoms with Gasteiger partial charge in [0.2, 0.25) is 0 Å². The van der Waals surface area contributed by atoms with Crippen molar-refractivity contribution in [3.05, 3.63) is 44.7 Å². The molecular formula is C20H25N3O7. The lowest BCUT2D eigenvalue weighted by Gasteiger charge is -2.22. The van der Waals surface area contributed by atoms with E-state index in [9.17, 15) is 19.7 Å². The average molecular weight is 419 g/mol. The number of aromatic nitrogens is 1. The molecule has 0 bridgehead atoms. The van der Waals surface area contributed by atoms with Crippen molar-refractivity contribution in [1.29, 1.82) is 0 Å². The van der Waals surface area contributed by atoms with Gasteiger partial charge in [0.25, 0.3) is 17.2 Å². The highest BCUT2D eigenvalue weighted by Crippen LogP contribution is 2.23. The smallest absolute Gasteiger partial charge is 0.293 e. The second-order valence-corrected chi connectivity index (χ2v) is 6.95. The molecule has 2 aromatic rings. The molecular weight excluding hydrogens is 394 g/mol. The number of amides is 1. The number of hydrogen-bond donors (Lipinski definition) is 1. The molecule has 0 spiro atoms. The van der Waals surface area contributed by atoms with Gasteiger partial charge in [-0.05, 0) is 37.8 Å². The number of non-ortho nitro benzene ring substituents is 1. The van der Waals surface area contributed by atoms with Gasteiger partial charge < -0.3 is 24.1 Å². The van der Waals surface area contributed by atoms with E-state index in [0.717, 1.165) is 19.3 Å². The van der Waals surface area contributed by atoms with Crippen molar-refractivity contribution in [2.24, 2.45) is 0 Å². The molecule has 1 aliphatic heterocycles. The molecule has 1 N–H and O–H groups in total. The van der Waals surface area contributed by atoms with E-state index in [1.54, 1.807) is 6.07 Å². The molecule has 0 radical (unpaired) electrons. The third-order valence-electron chi connectivity index (χ3n) is 4.86. The summed E-state index contributed by atoms with van der Waals surface area (Å²) >= 11 is 0. The van der Waals surface area contributed by atoms with Crippen LogP contribution in [0.2, 0.25) is 0 Å². The van der Waals surface area contributed by atoms with Crippen LogP contribution in [0.5, 0.6) is 5.75 Å². The Balaban J connectivity index is 1.81. The van der Waals surface area contributed by atoms with Crippen LogP contribution in [0.15, 0.2) is 29.1 Å². The van der Waals surface area contributed by atoms with Crippen molar-refractivity contribution in [3.8, 4) is 5.75 Å². The molecule has 1 aromatic carbocycles. The molecule has 10 heteroatoms. The molecule has 1 amide bonds. The predicted molar refractivity (Wildman–Crippen MR) is 109 cm³/mol. The number of nitro benzene ring substituents is 1. The first-order valence-corrected chi connectivity index (χ1v) is 9.88. The zero-order chi connectivity index (χ0) is 21.5. The van der Waals surface area contributed by atoms with Crippen LogP contribution >= 0.6 is 0 Å². The van der Waals surface area contributed by atoms with Gasteiger partial charge >= 0.3 is 0 Å². The number of carbonyl (C=O) groups is 1. The largest absolute Gasteiger partial charge is 0.478 e. The van der Waals surface area contributed by atoms with Crippen LogP contribution in [-0.4, -0.2) is 48.6 Å².